The molecule has 1 fully saturated rings. The number of hydrogen-bond donors (Lipinski definition) is 2. The highest BCUT2D eigenvalue weighted by Gasteiger charge is 2.17. The van der Waals surface area contributed by atoms with Gasteiger partial charge in [-0.1, -0.05) is 12.1 Å². The van der Waals surface area contributed by atoms with Crippen LogP contribution in [0.25, 0.3) is 0 Å². The molecular formula is C19H30N4O. The van der Waals surface area contributed by atoms with E-state index >= 15 is 0 Å². The Kier molecular flexibility index (Phi) is 5.96. The van der Waals surface area contributed by atoms with Gasteiger partial charge in [0, 0.05) is 33.1 Å². The van der Waals surface area contributed by atoms with E-state index in [0.29, 0.717) is 0 Å². The summed E-state index contributed by atoms with van der Waals surface area (Å²) in [5, 5.41) is 6.91. The van der Waals surface area contributed by atoms with Crippen molar-refractivity contribution in [3.05, 3.63) is 29.3 Å². The highest BCUT2D eigenvalue weighted by atomic mass is 16.5. The fourth-order valence-corrected chi connectivity index (χ4v) is 3.62. The predicted molar refractivity (Wildman–Crippen MR) is 98.9 cm³/mol. The largest absolute Gasteiger partial charge is 0.493 e. The Morgan fingerprint density at radius 2 is 2.29 bits per heavy atom. The monoisotopic (exact) mass is 330 g/mol. The lowest BCUT2D eigenvalue weighted by atomic mass is 9.99. The smallest absolute Gasteiger partial charge is 0.190 e. The molecule has 0 saturated carbocycles. The molecule has 2 aliphatic rings. The van der Waals surface area contributed by atoms with Gasteiger partial charge < -0.3 is 20.3 Å². The number of nitrogens with one attached hydrogen (secondary N) is 2. The summed E-state index contributed by atoms with van der Waals surface area (Å²) in [5.74, 6) is 2.69. The van der Waals surface area contributed by atoms with E-state index in [2.05, 4.69) is 45.8 Å². The SMILES string of the molecule is CN=C(NCCc1ccc2c(c1)CCO2)NCC1CCCN(C)C1. The molecule has 1 unspecified atom stereocenters. The first-order valence-electron chi connectivity index (χ1n) is 9.12. The minimum Gasteiger partial charge on any atom is -0.493 e. The van der Waals surface area contributed by atoms with Crippen molar-refractivity contribution in [3.63, 3.8) is 0 Å². The Labute approximate surface area is 145 Å². The first kappa shape index (κ1) is 17.1. The zero-order chi connectivity index (χ0) is 16.8. The van der Waals surface area contributed by atoms with E-state index in [1.807, 2.05) is 7.05 Å². The van der Waals surface area contributed by atoms with Crippen LogP contribution in [0.2, 0.25) is 0 Å². The Morgan fingerprint density at radius 3 is 3.12 bits per heavy atom. The molecule has 0 radical (unpaired) electrons. The van der Waals surface area contributed by atoms with Crippen LogP contribution in [-0.2, 0) is 12.8 Å². The molecule has 1 atom stereocenters. The van der Waals surface area contributed by atoms with Crippen LogP contribution in [0.5, 0.6) is 5.75 Å². The lowest BCUT2D eigenvalue weighted by Gasteiger charge is -2.30. The molecule has 2 N–H and O–H groups in total. The molecule has 2 aliphatic heterocycles. The van der Waals surface area contributed by atoms with Crippen molar-refractivity contribution in [1.29, 1.82) is 0 Å². The van der Waals surface area contributed by atoms with Gasteiger partial charge >= 0.3 is 0 Å². The highest BCUT2D eigenvalue weighted by molar-refractivity contribution is 5.79. The van der Waals surface area contributed by atoms with E-state index in [1.165, 1.54) is 37.1 Å². The van der Waals surface area contributed by atoms with Crippen molar-refractivity contribution >= 4 is 5.96 Å². The van der Waals surface area contributed by atoms with Crippen LogP contribution in [0.3, 0.4) is 0 Å². The predicted octanol–water partition coefficient (Wildman–Crippen LogP) is 1.67. The second-order valence-electron chi connectivity index (χ2n) is 6.94. The molecule has 5 nitrogen and oxygen atoms in total. The number of guanidine groups is 1. The van der Waals surface area contributed by atoms with E-state index in [1.54, 1.807) is 0 Å². The molecule has 0 amide bonds. The van der Waals surface area contributed by atoms with Crippen molar-refractivity contribution < 1.29 is 4.74 Å². The van der Waals surface area contributed by atoms with Crippen molar-refractivity contribution in [2.24, 2.45) is 10.9 Å². The molecule has 5 heteroatoms. The summed E-state index contributed by atoms with van der Waals surface area (Å²) in [5.41, 5.74) is 2.70. The first-order valence-corrected chi connectivity index (χ1v) is 9.12. The van der Waals surface area contributed by atoms with Crippen molar-refractivity contribution in [1.82, 2.24) is 15.5 Å². The maximum Gasteiger partial charge on any atom is 0.190 e. The fraction of sp³-hybridized carbons (Fsp3) is 0.632. The second-order valence-corrected chi connectivity index (χ2v) is 6.94. The van der Waals surface area contributed by atoms with E-state index < -0.39 is 0 Å². The van der Waals surface area contributed by atoms with Crippen LogP contribution in [0.4, 0.5) is 0 Å². The van der Waals surface area contributed by atoms with Gasteiger partial charge in [0.1, 0.15) is 5.75 Å². The zero-order valence-electron chi connectivity index (χ0n) is 15.0. The summed E-state index contributed by atoms with van der Waals surface area (Å²) in [6, 6.07) is 6.54. The third-order valence-corrected chi connectivity index (χ3v) is 4.96. The second kappa shape index (κ2) is 8.38. The number of aliphatic imine (C=N–C) groups is 1. The molecule has 0 aromatic heterocycles. The lowest BCUT2D eigenvalue weighted by Crippen LogP contribution is -2.44. The van der Waals surface area contributed by atoms with E-state index in [0.717, 1.165) is 50.2 Å². The molecule has 0 aliphatic carbocycles. The maximum atomic E-state index is 5.56. The van der Waals surface area contributed by atoms with Gasteiger partial charge in [-0.2, -0.15) is 0 Å². The average molecular weight is 330 g/mol. The third kappa shape index (κ3) is 4.63. The van der Waals surface area contributed by atoms with Crippen LogP contribution in [0.1, 0.15) is 24.0 Å². The highest BCUT2D eigenvalue weighted by Crippen LogP contribution is 2.25. The van der Waals surface area contributed by atoms with E-state index in [-0.39, 0.29) is 0 Å². The van der Waals surface area contributed by atoms with Gasteiger partial charge in [0.2, 0.25) is 0 Å². The number of rotatable bonds is 5. The van der Waals surface area contributed by atoms with Crippen molar-refractivity contribution in [3.8, 4) is 5.75 Å². The van der Waals surface area contributed by atoms with Gasteiger partial charge in [0.15, 0.2) is 5.96 Å². The summed E-state index contributed by atoms with van der Waals surface area (Å²) in [6.45, 7) is 5.13. The molecule has 3 rings (SSSR count). The van der Waals surface area contributed by atoms with Gasteiger partial charge in [-0.3, -0.25) is 4.99 Å². The maximum absolute atomic E-state index is 5.56. The van der Waals surface area contributed by atoms with Gasteiger partial charge in [-0.05, 0) is 56.0 Å². The quantitative estimate of drug-likeness (QED) is 0.637. The first-order chi connectivity index (χ1) is 11.7. The number of piperidine rings is 1. The fourth-order valence-electron chi connectivity index (χ4n) is 3.62. The molecule has 0 spiro atoms. The van der Waals surface area contributed by atoms with Crippen LogP contribution in [-0.4, -0.2) is 57.7 Å². The number of likely N-dealkylation sites (tertiary alicyclic amines) is 1. The lowest BCUT2D eigenvalue weighted by molar-refractivity contribution is 0.210. The summed E-state index contributed by atoms with van der Waals surface area (Å²) in [6.07, 6.45) is 4.65. The van der Waals surface area contributed by atoms with Gasteiger partial charge in [-0.15, -0.1) is 0 Å². The average Bonchev–Trinajstić information content (AvgIpc) is 3.05. The molecule has 132 valence electrons. The molecule has 1 saturated heterocycles. The molecular weight excluding hydrogens is 300 g/mol. The van der Waals surface area contributed by atoms with Crippen molar-refractivity contribution in [2.45, 2.75) is 25.7 Å². The molecule has 0 bridgehead atoms. The van der Waals surface area contributed by atoms with Gasteiger partial charge in [0.05, 0.1) is 6.61 Å². The van der Waals surface area contributed by atoms with E-state index in [9.17, 15) is 0 Å². The Morgan fingerprint density at radius 1 is 1.38 bits per heavy atom. The van der Waals surface area contributed by atoms with Crippen LogP contribution >= 0.6 is 0 Å². The minimum absolute atomic E-state index is 0.721. The Hall–Kier alpha value is -1.75. The summed E-state index contributed by atoms with van der Waals surface area (Å²) >= 11 is 0. The number of nitrogens with zero attached hydrogens (tertiary/aromatic N) is 2. The summed E-state index contributed by atoms with van der Waals surface area (Å²) in [7, 11) is 4.05. The minimum atomic E-state index is 0.721. The van der Waals surface area contributed by atoms with Gasteiger partial charge in [0.25, 0.3) is 0 Å². The Bertz CT molecular complexity index is 572. The van der Waals surface area contributed by atoms with Crippen LogP contribution in [0, 0.1) is 5.92 Å². The van der Waals surface area contributed by atoms with E-state index in [4.69, 9.17) is 4.74 Å². The number of ether oxygens (including phenoxy) is 1. The molecule has 1 aromatic carbocycles. The third-order valence-electron chi connectivity index (χ3n) is 4.96. The van der Waals surface area contributed by atoms with Crippen molar-refractivity contribution in [2.75, 3.05) is 46.9 Å². The summed E-state index contributed by atoms with van der Waals surface area (Å²) < 4.78 is 5.56. The number of benzene rings is 1. The molecule has 1 aromatic rings. The number of fused-ring (bicyclic) bond motifs is 1. The van der Waals surface area contributed by atoms with Crippen LogP contribution < -0.4 is 15.4 Å². The topological polar surface area (TPSA) is 48.9 Å². The molecule has 2 heterocycles. The van der Waals surface area contributed by atoms with Crippen LogP contribution in [0.15, 0.2) is 23.2 Å². The zero-order valence-corrected chi connectivity index (χ0v) is 15.0. The number of hydrogen-bond acceptors (Lipinski definition) is 3. The summed E-state index contributed by atoms with van der Waals surface area (Å²) in [4.78, 5) is 6.76. The van der Waals surface area contributed by atoms with Gasteiger partial charge in [-0.25, -0.2) is 0 Å². The Balaban J connectivity index is 1.39. The molecule has 24 heavy (non-hydrogen) atoms. The standard InChI is InChI=1S/C19H30N4O/c1-20-19(22-13-16-4-3-10-23(2)14-16)21-9-7-15-5-6-18-17(12-15)8-11-24-18/h5-6,12,16H,3-4,7-11,13-14H2,1-2H3,(H2,20,21,22). The normalized spacial score (nSPS) is 21.2.